The maximum Gasteiger partial charge on any atom is 0.0523 e. The second-order valence-corrected chi connectivity index (χ2v) is 4.56. The van der Waals surface area contributed by atoms with E-state index in [1.165, 1.54) is 5.56 Å². The fourth-order valence-corrected chi connectivity index (χ4v) is 2.17. The summed E-state index contributed by atoms with van der Waals surface area (Å²) in [5, 5.41) is 9.33. The fourth-order valence-electron chi connectivity index (χ4n) is 1.75. The molecule has 1 fully saturated rings. The second kappa shape index (κ2) is 4.43. The van der Waals surface area contributed by atoms with Gasteiger partial charge in [-0.05, 0) is 17.7 Å². The summed E-state index contributed by atoms with van der Waals surface area (Å²) in [5.41, 5.74) is 1.19. The van der Waals surface area contributed by atoms with Crippen molar-refractivity contribution in [3.63, 3.8) is 0 Å². The lowest BCUT2D eigenvalue weighted by molar-refractivity contribution is -0.0527. The lowest BCUT2D eigenvalue weighted by atomic mass is 9.85. The van der Waals surface area contributed by atoms with Crippen LogP contribution in [0, 0.1) is 5.92 Å². The number of hydrogen-bond acceptors (Lipinski definition) is 2. The van der Waals surface area contributed by atoms with Gasteiger partial charge in [0, 0.05) is 16.3 Å². The average Bonchev–Trinajstić information content (AvgIpc) is 2.10. The van der Waals surface area contributed by atoms with Gasteiger partial charge in [-0.15, -0.1) is 0 Å². The summed E-state index contributed by atoms with van der Waals surface area (Å²) in [6.07, 6.45) is 0. The number of rotatable bonds is 3. The summed E-state index contributed by atoms with van der Waals surface area (Å²) in [6.45, 7) is 1.75. The van der Waals surface area contributed by atoms with Crippen molar-refractivity contribution in [3.8, 4) is 0 Å². The van der Waals surface area contributed by atoms with Gasteiger partial charge in [-0.2, -0.15) is 0 Å². The fraction of sp³-hybridized carbons (Fsp3) is 0.455. The molecule has 0 aromatic heterocycles. The summed E-state index contributed by atoms with van der Waals surface area (Å²) >= 11 is 3.44. The minimum Gasteiger partial charge on any atom is -0.396 e. The maximum atomic E-state index is 9.33. The molecule has 1 aliphatic heterocycles. The van der Waals surface area contributed by atoms with Gasteiger partial charge in [0.05, 0.1) is 19.8 Å². The van der Waals surface area contributed by atoms with Crippen LogP contribution >= 0.6 is 15.9 Å². The van der Waals surface area contributed by atoms with Gasteiger partial charge in [0.1, 0.15) is 0 Å². The molecule has 1 heterocycles. The first-order valence-corrected chi connectivity index (χ1v) is 5.54. The zero-order valence-electron chi connectivity index (χ0n) is 7.82. The van der Waals surface area contributed by atoms with Crippen molar-refractivity contribution in [2.75, 3.05) is 19.8 Å². The molecule has 14 heavy (non-hydrogen) atoms. The molecular weight excluding hydrogens is 244 g/mol. The van der Waals surface area contributed by atoms with Crippen LogP contribution < -0.4 is 0 Å². The minimum absolute atomic E-state index is 0.199. The molecule has 1 atom stereocenters. The third kappa shape index (κ3) is 2.00. The zero-order valence-corrected chi connectivity index (χ0v) is 9.40. The van der Waals surface area contributed by atoms with Crippen molar-refractivity contribution in [2.24, 2.45) is 5.92 Å². The van der Waals surface area contributed by atoms with Gasteiger partial charge in [0.25, 0.3) is 0 Å². The molecule has 1 aromatic rings. The highest BCUT2D eigenvalue weighted by Gasteiger charge is 2.28. The molecule has 2 nitrogen and oxygen atoms in total. The lowest BCUT2D eigenvalue weighted by Gasteiger charge is -2.33. The number of halogens is 1. The normalized spacial score (nSPS) is 19.0. The maximum absolute atomic E-state index is 9.33. The number of ether oxygens (including phenoxy) is 1. The van der Waals surface area contributed by atoms with Crippen LogP contribution in [0.1, 0.15) is 11.5 Å². The largest absolute Gasteiger partial charge is 0.396 e. The van der Waals surface area contributed by atoms with Crippen LogP contribution in [0.4, 0.5) is 0 Å². The van der Waals surface area contributed by atoms with Gasteiger partial charge in [-0.3, -0.25) is 0 Å². The first-order valence-electron chi connectivity index (χ1n) is 4.75. The van der Waals surface area contributed by atoms with Gasteiger partial charge >= 0.3 is 0 Å². The number of aliphatic hydroxyl groups is 1. The SMILES string of the molecule is OCC(c1cccc(Br)c1)C1COC1. The Labute approximate surface area is 92.0 Å². The predicted octanol–water partition coefficient (Wildman–Crippen LogP) is 2.17. The molecule has 1 unspecified atom stereocenters. The van der Waals surface area contributed by atoms with Crippen LogP contribution in [0.2, 0.25) is 0 Å². The predicted molar refractivity (Wildman–Crippen MR) is 58.3 cm³/mol. The van der Waals surface area contributed by atoms with Crippen LogP contribution in [0.25, 0.3) is 0 Å². The van der Waals surface area contributed by atoms with Crippen LogP contribution in [0.3, 0.4) is 0 Å². The van der Waals surface area contributed by atoms with Gasteiger partial charge in [0.15, 0.2) is 0 Å². The van der Waals surface area contributed by atoms with Crippen molar-refractivity contribution < 1.29 is 9.84 Å². The van der Waals surface area contributed by atoms with E-state index in [9.17, 15) is 5.11 Å². The molecule has 0 amide bonds. The molecule has 2 rings (SSSR count). The molecule has 1 saturated heterocycles. The summed E-state index contributed by atoms with van der Waals surface area (Å²) in [7, 11) is 0. The van der Waals surface area contributed by atoms with E-state index in [1.807, 2.05) is 12.1 Å². The van der Waals surface area contributed by atoms with Crippen molar-refractivity contribution in [2.45, 2.75) is 5.92 Å². The van der Waals surface area contributed by atoms with E-state index in [0.29, 0.717) is 5.92 Å². The van der Waals surface area contributed by atoms with Gasteiger partial charge in [0.2, 0.25) is 0 Å². The smallest absolute Gasteiger partial charge is 0.0523 e. The van der Waals surface area contributed by atoms with Gasteiger partial charge in [-0.1, -0.05) is 28.1 Å². The molecule has 0 radical (unpaired) electrons. The monoisotopic (exact) mass is 256 g/mol. The van der Waals surface area contributed by atoms with Gasteiger partial charge < -0.3 is 9.84 Å². The third-order valence-electron chi connectivity index (χ3n) is 2.71. The summed E-state index contributed by atoms with van der Waals surface area (Å²) < 4.78 is 6.21. The van der Waals surface area contributed by atoms with E-state index < -0.39 is 0 Å². The molecule has 0 saturated carbocycles. The van der Waals surface area contributed by atoms with Crippen molar-refractivity contribution in [1.82, 2.24) is 0 Å². The number of aliphatic hydroxyl groups excluding tert-OH is 1. The Morgan fingerprint density at radius 1 is 1.50 bits per heavy atom. The third-order valence-corrected chi connectivity index (χ3v) is 3.20. The average molecular weight is 257 g/mol. The van der Waals surface area contributed by atoms with Crippen LogP contribution in [0.15, 0.2) is 28.7 Å². The molecule has 3 heteroatoms. The molecule has 1 N–H and O–H groups in total. The molecule has 0 bridgehead atoms. The Balaban J connectivity index is 2.17. The number of hydrogen-bond donors (Lipinski definition) is 1. The topological polar surface area (TPSA) is 29.5 Å². The molecule has 76 valence electrons. The minimum atomic E-state index is 0.199. The van der Waals surface area contributed by atoms with E-state index in [4.69, 9.17) is 4.74 Å². The second-order valence-electron chi connectivity index (χ2n) is 3.64. The zero-order chi connectivity index (χ0) is 9.97. The molecule has 1 aromatic carbocycles. The Hall–Kier alpha value is -0.380. The highest BCUT2D eigenvalue weighted by molar-refractivity contribution is 9.10. The molecular formula is C11H13BrO2. The highest BCUT2D eigenvalue weighted by atomic mass is 79.9. The van der Waals surface area contributed by atoms with Crippen molar-refractivity contribution in [1.29, 1.82) is 0 Å². The summed E-state index contributed by atoms with van der Waals surface area (Å²) in [5.74, 6) is 0.704. The molecule has 1 aliphatic rings. The highest BCUT2D eigenvalue weighted by Crippen LogP contribution is 2.30. The van der Waals surface area contributed by atoms with E-state index in [1.54, 1.807) is 0 Å². The quantitative estimate of drug-likeness (QED) is 0.899. The Morgan fingerprint density at radius 3 is 2.79 bits per heavy atom. The van der Waals surface area contributed by atoms with Crippen molar-refractivity contribution in [3.05, 3.63) is 34.3 Å². The summed E-state index contributed by atoms with van der Waals surface area (Å²) in [6, 6.07) is 8.12. The lowest BCUT2D eigenvalue weighted by Crippen LogP contribution is -2.34. The first-order chi connectivity index (χ1) is 6.81. The number of benzene rings is 1. The van der Waals surface area contributed by atoms with Crippen LogP contribution in [-0.2, 0) is 4.74 Å². The summed E-state index contributed by atoms with van der Waals surface area (Å²) in [4.78, 5) is 0. The Bertz CT molecular complexity index is 310. The van der Waals surface area contributed by atoms with Gasteiger partial charge in [-0.25, -0.2) is 0 Å². The van der Waals surface area contributed by atoms with Crippen LogP contribution in [-0.4, -0.2) is 24.9 Å². The molecule has 0 aliphatic carbocycles. The van der Waals surface area contributed by atoms with E-state index in [0.717, 1.165) is 17.7 Å². The standard InChI is InChI=1S/C11H13BrO2/c12-10-3-1-2-8(4-10)11(5-13)9-6-14-7-9/h1-4,9,11,13H,5-7H2. The van der Waals surface area contributed by atoms with E-state index in [-0.39, 0.29) is 12.5 Å². The van der Waals surface area contributed by atoms with E-state index >= 15 is 0 Å². The Kier molecular flexibility index (Phi) is 3.21. The molecule has 0 spiro atoms. The van der Waals surface area contributed by atoms with Crippen molar-refractivity contribution >= 4 is 15.9 Å². The van der Waals surface area contributed by atoms with Crippen LogP contribution in [0.5, 0.6) is 0 Å². The Morgan fingerprint density at radius 2 is 2.29 bits per heavy atom. The van der Waals surface area contributed by atoms with E-state index in [2.05, 4.69) is 28.1 Å². The first kappa shape index (κ1) is 10.1.